The number of quaternary nitrogens is 2. The molecule has 1 aliphatic rings. The molecule has 0 amide bonds. The monoisotopic (exact) mass is 278 g/mol. The Labute approximate surface area is 123 Å². The number of rotatable bonds is 6. The maximum atomic E-state index is 6.05. The third-order valence-electron chi connectivity index (χ3n) is 4.13. The van der Waals surface area contributed by atoms with Crippen LogP contribution < -0.4 is 15.0 Å². The van der Waals surface area contributed by atoms with Crippen molar-refractivity contribution in [3.8, 4) is 5.75 Å². The molecule has 0 saturated carbocycles. The molecule has 3 heteroatoms. The minimum atomic E-state index is 0.522. The molecule has 1 fully saturated rings. The second kappa shape index (κ2) is 7.65. The van der Waals surface area contributed by atoms with Crippen LogP contribution in [-0.4, -0.2) is 39.3 Å². The molecule has 0 spiro atoms. The highest BCUT2D eigenvalue weighted by atomic mass is 16.5. The molecule has 1 aromatic carbocycles. The van der Waals surface area contributed by atoms with Gasteiger partial charge in [-0.15, -0.1) is 0 Å². The molecule has 0 atom stereocenters. The van der Waals surface area contributed by atoms with Gasteiger partial charge in [0, 0.05) is 6.42 Å². The molecule has 1 aliphatic heterocycles. The van der Waals surface area contributed by atoms with E-state index in [4.69, 9.17) is 4.74 Å². The second-order valence-corrected chi connectivity index (χ2v) is 6.26. The maximum Gasteiger partial charge on any atom is 0.127 e. The third-order valence-corrected chi connectivity index (χ3v) is 4.13. The zero-order valence-electron chi connectivity index (χ0n) is 13.2. The molecule has 2 rings (SSSR count). The fourth-order valence-corrected chi connectivity index (χ4v) is 2.88. The number of ether oxygens (including phenoxy) is 1. The van der Waals surface area contributed by atoms with E-state index in [1.165, 1.54) is 43.9 Å². The van der Waals surface area contributed by atoms with Crippen molar-refractivity contribution >= 4 is 0 Å². The van der Waals surface area contributed by atoms with Crippen LogP contribution in [0.4, 0.5) is 0 Å². The molecule has 1 aromatic rings. The van der Waals surface area contributed by atoms with Crippen LogP contribution in [-0.2, 0) is 0 Å². The number of nitrogens with two attached hydrogens (primary N) is 1. The van der Waals surface area contributed by atoms with E-state index in [1.807, 2.05) is 0 Å². The van der Waals surface area contributed by atoms with Crippen molar-refractivity contribution in [2.24, 2.45) is 0 Å². The first-order chi connectivity index (χ1) is 9.66. The predicted molar refractivity (Wildman–Crippen MR) is 82.6 cm³/mol. The summed E-state index contributed by atoms with van der Waals surface area (Å²) in [7, 11) is 0. The van der Waals surface area contributed by atoms with Gasteiger partial charge in [-0.2, -0.15) is 0 Å². The molecule has 1 heterocycles. The SMILES string of the molecule is Cc1ccc(C(C)C)c(OCCC[NH+]2CC[NH2+]CC2)c1. The maximum absolute atomic E-state index is 6.05. The van der Waals surface area contributed by atoms with E-state index >= 15 is 0 Å². The molecular weight excluding hydrogens is 248 g/mol. The van der Waals surface area contributed by atoms with Gasteiger partial charge in [-0.1, -0.05) is 26.0 Å². The van der Waals surface area contributed by atoms with Crippen LogP contribution in [0, 0.1) is 6.92 Å². The quantitative estimate of drug-likeness (QED) is 0.723. The summed E-state index contributed by atoms with van der Waals surface area (Å²) < 4.78 is 6.05. The lowest BCUT2D eigenvalue weighted by Crippen LogP contribution is -3.20. The first kappa shape index (κ1) is 15.3. The topological polar surface area (TPSA) is 30.3 Å². The average Bonchev–Trinajstić information content (AvgIpc) is 2.44. The van der Waals surface area contributed by atoms with Crippen molar-refractivity contribution in [1.82, 2.24) is 0 Å². The van der Waals surface area contributed by atoms with Crippen molar-refractivity contribution in [3.63, 3.8) is 0 Å². The number of hydrogen-bond acceptors (Lipinski definition) is 1. The van der Waals surface area contributed by atoms with Crippen LogP contribution >= 0.6 is 0 Å². The van der Waals surface area contributed by atoms with Crippen molar-refractivity contribution in [3.05, 3.63) is 29.3 Å². The van der Waals surface area contributed by atoms with E-state index in [1.54, 1.807) is 4.90 Å². The number of benzene rings is 1. The molecule has 112 valence electrons. The summed E-state index contributed by atoms with van der Waals surface area (Å²) in [5.41, 5.74) is 2.61. The molecule has 3 nitrogen and oxygen atoms in total. The van der Waals surface area contributed by atoms with Crippen LogP contribution in [0.2, 0.25) is 0 Å². The highest BCUT2D eigenvalue weighted by molar-refractivity contribution is 5.39. The fraction of sp³-hybridized carbons (Fsp3) is 0.647. The number of piperazine rings is 1. The lowest BCUT2D eigenvalue weighted by Gasteiger charge is -2.22. The van der Waals surface area contributed by atoms with Gasteiger partial charge < -0.3 is 15.0 Å². The molecule has 0 aromatic heterocycles. The summed E-state index contributed by atoms with van der Waals surface area (Å²) in [5.74, 6) is 1.61. The van der Waals surface area contributed by atoms with E-state index < -0.39 is 0 Å². The van der Waals surface area contributed by atoms with Crippen LogP contribution in [0.15, 0.2) is 18.2 Å². The first-order valence-corrected chi connectivity index (χ1v) is 8.05. The van der Waals surface area contributed by atoms with Crippen molar-refractivity contribution in [2.75, 3.05) is 39.3 Å². The lowest BCUT2D eigenvalue weighted by molar-refractivity contribution is -0.946. The molecule has 0 aliphatic carbocycles. The molecule has 0 bridgehead atoms. The minimum absolute atomic E-state index is 0.522. The Morgan fingerprint density at radius 2 is 2.00 bits per heavy atom. The third kappa shape index (κ3) is 4.50. The van der Waals surface area contributed by atoms with Crippen LogP contribution in [0.25, 0.3) is 0 Å². The fourth-order valence-electron chi connectivity index (χ4n) is 2.88. The van der Waals surface area contributed by atoms with E-state index in [0.29, 0.717) is 5.92 Å². The Hall–Kier alpha value is -1.06. The van der Waals surface area contributed by atoms with Gasteiger partial charge in [-0.25, -0.2) is 0 Å². The Bertz CT molecular complexity index is 411. The van der Waals surface area contributed by atoms with Gasteiger partial charge in [0.15, 0.2) is 0 Å². The largest absolute Gasteiger partial charge is 0.493 e. The first-order valence-electron chi connectivity index (χ1n) is 8.05. The summed E-state index contributed by atoms with van der Waals surface area (Å²) in [6, 6.07) is 6.57. The van der Waals surface area contributed by atoms with Gasteiger partial charge in [0.2, 0.25) is 0 Å². The average molecular weight is 278 g/mol. The number of aryl methyl sites for hydroxylation is 1. The van der Waals surface area contributed by atoms with Crippen molar-refractivity contribution < 1.29 is 15.0 Å². The van der Waals surface area contributed by atoms with Gasteiger partial charge in [-0.3, -0.25) is 0 Å². The zero-order valence-corrected chi connectivity index (χ0v) is 13.2. The lowest BCUT2D eigenvalue weighted by atomic mass is 10.0. The van der Waals surface area contributed by atoms with Crippen LogP contribution in [0.5, 0.6) is 5.75 Å². The minimum Gasteiger partial charge on any atom is -0.493 e. The van der Waals surface area contributed by atoms with E-state index in [0.717, 1.165) is 18.8 Å². The van der Waals surface area contributed by atoms with Crippen LogP contribution in [0.1, 0.15) is 37.3 Å². The number of nitrogens with one attached hydrogen (secondary N) is 1. The second-order valence-electron chi connectivity index (χ2n) is 6.26. The highest BCUT2D eigenvalue weighted by Gasteiger charge is 2.15. The van der Waals surface area contributed by atoms with Gasteiger partial charge in [0.25, 0.3) is 0 Å². The number of hydrogen-bond donors (Lipinski definition) is 2. The standard InChI is InChI=1S/C17H28N2O/c1-14(2)16-6-5-15(3)13-17(16)20-12-4-9-19-10-7-18-8-11-19/h5-6,13-14,18H,4,7-12H2,1-3H3/p+2. The van der Waals surface area contributed by atoms with Gasteiger partial charge >= 0.3 is 0 Å². The highest BCUT2D eigenvalue weighted by Crippen LogP contribution is 2.27. The van der Waals surface area contributed by atoms with Crippen molar-refractivity contribution in [1.29, 1.82) is 0 Å². The molecule has 0 unspecified atom stereocenters. The van der Waals surface area contributed by atoms with E-state index in [-0.39, 0.29) is 0 Å². The Kier molecular flexibility index (Phi) is 5.86. The zero-order chi connectivity index (χ0) is 14.4. The Morgan fingerprint density at radius 3 is 2.70 bits per heavy atom. The Balaban J connectivity index is 1.79. The normalized spacial score (nSPS) is 16.6. The van der Waals surface area contributed by atoms with Crippen LogP contribution in [0.3, 0.4) is 0 Å². The predicted octanol–water partition coefficient (Wildman–Crippen LogP) is 0.349. The smallest absolute Gasteiger partial charge is 0.127 e. The molecular formula is C17H30N2O+2. The molecule has 0 radical (unpaired) electrons. The van der Waals surface area contributed by atoms with Gasteiger partial charge in [0.1, 0.15) is 31.9 Å². The molecule has 3 N–H and O–H groups in total. The summed E-state index contributed by atoms with van der Waals surface area (Å²) in [6.07, 6.45) is 1.15. The summed E-state index contributed by atoms with van der Waals surface area (Å²) >= 11 is 0. The van der Waals surface area contributed by atoms with Gasteiger partial charge in [0.05, 0.1) is 13.2 Å². The molecule has 20 heavy (non-hydrogen) atoms. The summed E-state index contributed by atoms with van der Waals surface area (Å²) in [6.45, 7) is 13.9. The summed E-state index contributed by atoms with van der Waals surface area (Å²) in [5, 5.41) is 2.42. The summed E-state index contributed by atoms with van der Waals surface area (Å²) in [4.78, 5) is 1.74. The Morgan fingerprint density at radius 1 is 1.25 bits per heavy atom. The van der Waals surface area contributed by atoms with E-state index in [9.17, 15) is 0 Å². The molecule has 1 saturated heterocycles. The van der Waals surface area contributed by atoms with Crippen molar-refractivity contribution in [2.45, 2.75) is 33.1 Å². The van der Waals surface area contributed by atoms with E-state index in [2.05, 4.69) is 44.3 Å². The van der Waals surface area contributed by atoms with Gasteiger partial charge in [-0.05, 0) is 30.0 Å².